The van der Waals surface area contributed by atoms with Crippen molar-refractivity contribution in [3.05, 3.63) is 35.6 Å². The molecule has 1 heterocycles. The van der Waals surface area contributed by atoms with E-state index in [1.54, 1.807) is 0 Å². The van der Waals surface area contributed by atoms with Crippen LogP contribution in [0.3, 0.4) is 0 Å². The summed E-state index contributed by atoms with van der Waals surface area (Å²) < 4.78 is 18.8. The third-order valence-corrected chi connectivity index (χ3v) is 4.88. The van der Waals surface area contributed by atoms with Gasteiger partial charge in [-0.2, -0.15) is 0 Å². The van der Waals surface area contributed by atoms with E-state index >= 15 is 0 Å². The van der Waals surface area contributed by atoms with Crippen molar-refractivity contribution < 1.29 is 28.6 Å². The number of rotatable bonds is 4. The van der Waals surface area contributed by atoms with E-state index in [1.807, 2.05) is 0 Å². The topological polar surface area (TPSA) is 110 Å². The average molecular weight is 342 g/mol. The molecule has 0 radical (unpaired) electrons. The van der Waals surface area contributed by atoms with Crippen molar-refractivity contribution >= 4 is 29.6 Å². The standard InChI is InChI=1S/C14H15FN2O5S/c1-22-14(21)11-10(7-4-2-3-5-8(7)15)17(9(18)6-16)12(23-11)13(19)20/h2-5,10-12H,6,16H2,1H3,(H,19,20)/t10-,11+,12-/m0/s1. The van der Waals surface area contributed by atoms with Crippen LogP contribution >= 0.6 is 11.8 Å². The number of nitrogens with zero attached hydrogens (tertiary/aromatic N) is 1. The maximum absolute atomic E-state index is 14.2. The molecule has 2 rings (SSSR count). The second kappa shape index (κ2) is 6.97. The number of carboxylic acids is 1. The second-order valence-corrected chi connectivity index (χ2v) is 5.97. The molecular weight excluding hydrogens is 327 g/mol. The Morgan fingerprint density at radius 1 is 1.39 bits per heavy atom. The molecule has 1 aliphatic rings. The summed E-state index contributed by atoms with van der Waals surface area (Å²) in [6.07, 6.45) is 0. The Hall–Kier alpha value is -2.13. The summed E-state index contributed by atoms with van der Waals surface area (Å²) in [7, 11) is 1.14. The molecule has 0 bridgehead atoms. The molecule has 1 fully saturated rings. The van der Waals surface area contributed by atoms with Gasteiger partial charge in [-0.15, -0.1) is 11.8 Å². The van der Waals surface area contributed by atoms with Crippen LogP contribution in [-0.4, -0.2) is 52.1 Å². The number of hydrogen-bond acceptors (Lipinski definition) is 6. The highest BCUT2D eigenvalue weighted by molar-refractivity contribution is 8.02. The number of nitrogens with two attached hydrogens (primary N) is 1. The number of halogens is 1. The van der Waals surface area contributed by atoms with Crippen molar-refractivity contribution in [2.45, 2.75) is 16.7 Å². The summed E-state index contributed by atoms with van der Waals surface area (Å²) in [4.78, 5) is 36.5. The van der Waals surface area contributed by atoms with E-state index in [2.05, 4.69) is 4.74 Å². The maximum Gasteiger partial charge on any atom is 0.337 e. The largest absolute Gasteiger partial charge is 0.479 e. The summed E-state index contributed by atoms with van der Waals surface area (Å²) in [5.74, 6) is -3.39. The molecule has 7 nitrogen and oxygen atoms in total. The van der Waals surface area contributed by atoms with Gasteiger partial charge in [0.1, 0.15) is 11.1 Å². The van der Waals surface area contributed by atoms with Gasteiger partial charge in [0.25, 0.3) is 0 Å². The molecule has 0 aromatic heterocycles. The number of carbonyl (C=O) groups excluding carboxylic acids is 2. The van der Waals surface area contributed by atoms with Gasteiger partial charge in [0.15, 0.2) is 5.37 Å². The molecule has 1 saturated heterocycles. The number of hydrogen-bond donors (Lipinski definition) is 2. The summed E-state index contributed by atoms with van der Waals surface area (Å²) in [5, 5.41) is 6.92. The number of ether oxygens (including phenoxy) is 1. The van der Waals surface area contributed by atoms with E-state index in [0.29, 0.717) is 0 Å². The Balaban J connectivity index is 2.57. The first-order valence-electron chi connectivity index (χ1n) is 6.64. The molecule has 0 saturated carbocycles. The summed E-state index contributed by atoms with van der Waals surface area (Å²) in [5.41, 5.74) is 5.39. The molecule has 1 aromatic carbocycles. The predicted molar refractivity (Wildman–Crippen MR) is 79.9 cm³/mol. The predicted octanol–water partition coefficient (Wildman–Crippen LogP) is 0.353. The number of methoxy groups -OCH3 is 1. The van der Waals surface area contributed by atoms with Crippen molar-refractivity contribution in [1.82, 2.24) is 4.90 Å². The first kappa shape index (κ1) is 17.2. The zero-order valence-corrected chi connectivity index (χ0v) is 13.0. The number of amides is 1. The quantitative estimate of drug-likeness (QED) is 0.760. The van der Waals surface area contributed by atoms with Crippen LogP contribution in [0.5, 0.6) is 0 Å². The zero-order chi connectivity index (χ0) is 17.1. The minimum atomic E-state index is -1.35. The van der Waals surface area contributed by atoms with E-state index < -0.39 is 46.9 Å². The van der Waals surface area contributed by atoms with Gasteiger partial charge >= 0.3 is 11.9 Å². The highest BCUT2D eigenvalue weighted by Gasteiger charge is 2.52. The molecule has 1 aliphatic heterocycles. The molecule has 1 amide bonds. The molecule has 9 heteroatoms. The number of carboxylic acid groups (broad SMARTS) is 1. The highest BCUT2D eigenvalue weighted by Crippen LogP contribution is 2.45. The van der Waals surface area contributed by atoms with Gasteiger partial charge in [0, 0.05) is 5.56 Å². The number of benzene rings is 1. The monoisotopic (exact) mass is 342 g/mol. The minimum absolute atomic E-state index is 0.0425. The Morgan fingerprint density at radius 3 is 2.57 bits per heavy atom. The first-order valence-corrected chi connectivity index (χ1v) is 7.58. The van der Waals surface area contributed by atoms with Crippen molar-refractivity contribution in [2.24, 2.45) is 5.73 Å². The van der Waals surface area contributed by atoms with Crippen LogP contribution in [0.25, 0.3) is 0 Å². The lowest BCUT2D eigenvalue weighted by atomic mass is 10.0. The Kier molecular flexibility index (Phi) is 5.22. The molecule has 23 heavy (non-hydrogen) atoms. The SMILES string of the molecule is COC(=O)[C@@H]1S[C@@H](C(=O)O)N(C(=O)CN)[C@H]1c1ccccc1F. The Labute approximate surface area is 135 Å². The van der Waals surface area contributed by atoms with Gasteiger partial charge in [0.2, 0.25) is 5.91 Å². The third kappa shape index (κ3) is 3.15. The highest BCUT2D eigenvalue weighted by atomic mass is 32.2. The molecule has 0 aliphatic carbocycles. The van der Waals surface area contributed by atoms with Gasteiger partial charge in [-0.1, -0.05) is 18.2 Å². The molecule has 124 valence electrons. The minimum Gasteiger partial charge on any atom is -0.479 e. The van der Waals surface area contributed by atoms with E-state index in [1.165, 1.54) is 24.3 Å². The lowest BCUT2D eigenvalue weighted by Gasteiger charge is -2.28. The van der Waals surface area contributed by atoms with E-state index in [4.69, 9.17) is 5.73 Å². The van der Waals surface area contributed by atoms with Crippen molar-refractivity contribution in [2.75, 3.05) is 13.7 Å². The van der Waals surface area contributed by atoms with Gasteiger partial charge in [0.05, 0.1) is 19.7 Å². The second-order valence-electron chi connectivity index (χ2n) is 4.74. The normalized spacial score (nSPS) is 23.6. The van der Waals surface area contributed by atoms with Gasteiger partial charge < -0.3 is 20.5 Å². The third-order valence-electron chi connectivity index (χ3n) is 3.45. The van der Waals surface area contributed by atoms with Gasteiger partial charge in [-0.3, -0.25) is 9.59 Å². The summed E-state index contributed by atoms with van der Waals surface area (Å²) in [6, 6.07) is 4.46. The Bertz CT molecular complexity index is 641. The van der Waals surface area contributed by atoms with Crippen molar-refractivity contribution in [3.8, 4) is 0 Å². The zero-order valence-electron chi connectivity index (χ0n) is 12.1. The van der Waals surface area contributed by atoms with Crippen molar-refractivity contribution in [1.29, 1.82) is 0 Å². The molecule has 1 aromatic rings. The van der Waals surface area contributed by atoms with Crippen molar-refractivity contribution in [3.63, 3.8) is 0 Å². The fourth-order valence-corrected chi connectivity index (χ4v) is 3.88. The smallest absolute Gasteiger partial charge is 0.337 e. The van der Waals surface area contributed by atoms with Crippen LogP contribution in [0.2, 0.25) is 0 Å². The number of carbonyl (C=O) groups is 3. The van der Waals surface area contributed by atoms with Crippen LogP contribution in [0.4, 0.5) is 4.39 Å². The number of esters is 1. The molecule has 0 unspecified atom stereocenters. The number of aliphatic carboxylic acids is 1. The lowest BCUT2D eigenvalue weighted by Crippen LogP contribution is -2.45. The fraction of sp³-hybridized carbons (Fsp3) is 0.357. The average Bonchev–Trinajstić information content (AvgIpc) is 2.94. The van der Waals surface area contributed by atoms with Gasteiger partial charge in [-0.05, 0) is 6.07 Å². The molecule has 3 N–H and O–H groups in total. The van der Waals surface area contributed by atoms with Crippen LogP contribution in [-0.2, 0) is 19.1 Å². The maximum atomic E-state index is 14.2. The fourth-order valence-electron chi connectivity index (χ4n) is 2.47. The van der Waals surface area contributed by atoms with Crippen LogP contribution in [0.1, 0.15) is 11.6 Å². The first-order chi connectivity index (χ1) is 10.9. The lowest BCUT2D eigenvalue weighted by molar-refractivity contribution is -0.148. The van der Waals surface area contributed by atoms with Crippen LogP contribution in [0, 0.1) is 5.82 Å². The molecule has 3 atom stereocenters. The molecular formula is C14H15FN2O5S. The number of thioether (sulfide) groups is 1. The molecule has 0 spiro atoms. The van der Waals surface area contributed by atoms with Gasteiger partial charge in [-0.25, -0.2) is 9.18 Å². The van der Waals surface area contributed by atoms with E-state index in [-0.39, 0.29) is 5.56 Å². The van der Waals surface area contributed by atoms with Crippen LogP contribution in [0.15, 0.2) is 24.3 Å². The van der Waals surface area contributed by atoms with E-state index in [9.17, 15) is 23.9 Å². The van der Waals surface area contributed by atoms with Crippen LogP contribution < -0.4 is 5.73 Å². The summed E-state index contributed by atoms with van der Waals surface area (Å²) >= 11 is 0.724. The summed E-state index contributed by atoms with van der Waals surface area (Å²) in [6.45, 7) is -0.455. The van der Waals surface area contributed by atoms with E-state index in [0.717, 1.165) is 23.8 Å². The Morgan fingerprint density at radius 2 is 2.04 bits per heavy atom.